The molecule has 0 saturated carbocycles. The standard InChI is InChI=1S/C17H13N3O3/c1-11-5-7-14-16(9-11)19-17(21)15(18-14)8-6-12-3-2-4-13(10-12)20(22)23/h2-10H,1H3,(H,19,21)/b8-6-. The first-order valence-electron chi connectivity index (χ1n) is 6.96. The van der Waals surface area contributed by atoms with Gasteiger partial charge in [0.2, 0.25) is 0 Å². The van der Waals surface area contributed by atoms with Gasteiger partial charge in [-0.3, -0.25) is 14.9 Å². The summed E-state index contributed by atoms with van der Waals surface area (Å²) in [4.78, 5) is 29.5. The summed E-state index contributed by atoms with van der Waals surface area (Å²) in [5, 5.41) is 10.8. The van der Waals surface area contributed by atoms with Crippen molar-refractivity contribution in [2.75, 3.05) is 0 Å². The summed E-state index contributed by atoms with van der Waals surface area (Å²) in [6, 6.07) is 11.8. The first-order valence-corrected chi connectivity index (χ1v) is 6.96. The average molecular weight is 307 g/mol. The highest BCUT2D eigenvalue weighted by Crippen LogP contribution is 2.15. The van der Waals surface area contributed by atoms with E-state index in [-0.39, 0.29) is 16.9 Å². The van der Waals surface area contributed by atoms with Gasteiger partial charge in [0.25, 0.3) is 11.2 Å². The second-order valence-electron chi connectivity index (χ2n) is 5.16. The second kappa shape index (κ2) is 5.84. The van der Waals surface area contributed by atoms with Gasteiger partial charge in [-0.15, -0.1) is 0 Å². The number of benzene rings is 2. The number of H-pyrrole nitrogens is 1. The van der Waals surface area contributed by atoms with Crippen LogP contribution in [0.4, 0.5) is 5.69 Å². The number of hydrogen-bond donors (Lipinski definition) is 1. The Morgan fingerprint density at radius 1 is 1.17 bits per heavy atom. The molecule has 0 spiro atoms. The van der Waals surface area contributed by atoms with Gasteiger partial charge in [-0.1, -0.05) is 24.3 Å². The molecule has 3 rings (SSSR count). The third-order valence-electron chi connectivity index (χ3n) is 3.39. The molecule has 0 atom stereocenters. The lowest BCUT2D eigenvalue weighted by Gasteiger charge is -2.00. The van der Waals surface area contributed by atoms with Gasteiger partial charge in [0, 0.05) is 12.1 Å². The largest absolute Gasteiger partial charge is 0.319 e. The number of nitrogens with one attached hydrogen (secondary N) is 1. The number of hydrogen-bond acceptors (Lipinski definition) is 4. The fourth-order valence-corrected chi connectivity index (χ4v) is 2.24. The first-order chi connectivity index (χ1) is 11.0. The van der Waals surface area contributed by atoms with E-state index in [0.717, 1.165) is 5.56 Å². The minimum atomic E-state index is -0.458. The van der Waals surface area contributed by atoms with Crippen LogP contribution in [-0.4, -0.2) is 14.9 Å². The number of nitro benzene ring substituents is 1. The van der Waals surface area contributed by atoms with E-state index in [4.69, 9.17) is 0 Å². The molecular weight excluding hydrogens is 294 g/mol. The van der Waals surface area contributed by atoms with Crippen molar-refractivity contribution in [1.29, 1.82) is 0 Å². The number of nitro groups is 1. The van der Waals surface area contributed by atoms with Crippen molar-refractivity contribution >= 4 is 28.9 Å². The van der Waals surface area contributed by atoms with E-state index in [1.165, 1.54) is 12.1 Å². The minimum absolute atomic E-state index is 0.00278. The van der Waals surface area contributed by atoms with Crippen LogP contribution >= 0.6 is 0 Å². The summed E-state index contributed by atoms with van der Waals surface area (Å²) in [6.07, 6.45) is 3.18. The van der Waals surface area contributed by atoms with Crippen LogP contribution in [0.5, 0.6) is 0 Å². The predicted octanol–water partition coefficient (Wildman–Crippen LogP) is 3.31. The Kier molecular flexibility index (Phi) is 3.72. The fraction of sp³-hybridized carbons (Fsp3) is 0.0588. The quantitative estimate of drug-likeness (QED) is 0.594. The lowest BCUT2D eigenvalue weighted by Crippen LogP contribution is -2.11. The van der Waals surface area contributed by atoms with Crippen LogP contribution < -0.4 is 5.56 Å². The maximum Gasteiger partial charge on any atom is 0.274 e. The SMILES string of the molecule is Cc1ccc2nc(/C=C\c3cccc([N+](=O)[O-])c3)c(=O)[nH]c2c1. The summed E-state index contributed by atoms with van der Waals surface area (Å²) in [5.74, 6) is 0. The summed E-state index contributed by atoms with van der Waals surface area (Å²) in [7, 11) is 0. The number of nitrogens with zero attached hydrogens (tertiary/aromatic N) is 2. The van der Waals surface area contributed by atoms with Gasteiger partial charge < -0.3 is 4.98 Å². The zero-order valence-electron chi connectivity index (χ0n) is 12.3. The van der Waals surface area contributed by atoms with Crippen molar-refractivity contribution < 1.29 is 4.92 Å². The average Bonchev–Trinajstić information content (AvgIpc) is 2.53. The summed E-state index contributed by atoms with van der Waals surface area (Å²) >= 11 is 0. The van der Waals surface area contributed by atoms with Gasteiger partial charge in [0.05, 0.1) is 16.0 Å². The van der Waals surface area contributed by atoms with Crippen molar-refractivity contribution in [3.63, 3.8) is 0 Å². The zero-order chi connectivity index (χ0) is 16.4. The third kappa shape index (κ3) is 3.16. The van der Waals surface area contributed by atoms with Crippen molar-refractivity contribution in [1.82, 2.24) is 9.97 Å². The number of non-ortho nitro benzene ring substituents is 1. The molecule has 0 saturated heterocycles. The lowest BCUT2D eigenvalue weighted by atomic mass is 10.1. The molecule has 114 valence electrons. The number of aromatic amines is 1. The smallest absolute Gasteiger partial charge is 0.274 e. The molecule has 2 aromatic carbocycles. The van der Waals surface area contributed by atoms with E-state index in [1.54, 1.807) is 24.3 Å². The molecule has 0 bridgehead atoms. The normalized spacial score (nSPS) is 11.2. The van der Waals surface area contributed by atoms with Crippen LogP contribution in [0.15, 0.2) is 47.3 Å². The molecule has 23 heavy (non-hydrogen) atoms. The Morgan fingerprint density at radius 2 is 2.00 bits per heavy atom. The number of aryl methyl sites for hydroxylation is 1. The van der Waals surface area contributed by atoms with Crippen molar-refractivity contribution in [2.45, 2.75) is 6.92 Å². The molecule has 6 nitrogen and oxygen atoms in total. The van der Waals surface area contributed by atoms with Crippen molar-refractivity contribution in [3.8, 4) is 0 Å². The molecule has 6 heteroatoms. The number of aromatic nitrogens is 2. The molecule has 0 aliphatic carbocycles. The van der Waals surface area contributed by atoms with Crippen LogP contribution in [0.1, 0.15) is 16.8 Å². The minimum Gasteiger partial charge on any atom is -0.319 e. The van der Waals surface area contributed by atoms with Crippen LogP contribution in [0.3, 0.4) is 0 Å². The Hall–Kier alpha value is -3.28. The first kappa shape index (κ1) is 14.6. The van der Waals surface area contributed by atoms with Gasteiger partial charge in [-0.2, -0.15) is 0 Å². The van der Waals surface area contributed by atoms with Gasteiger partial charge in [0.15, 0.2) is 0 Å². The Bertz CT molecular complexity index is 990. The maximum absolute atomic E-state index is 12.1. The topological polar surface area (TPSA) is 88.9 Å². The molecule has 0 aliphatic rings. The van der Waals surface area contributed by atoms with Gasteiger partial charge in [-0.05, 0) is 36.3 Å². The van der Waals surface area contributed by atoms with Crippen LogP contribution in [0.2, 0.25) is 0 Å². The summed E-state index contributed by atoms with van der Waals surface area (Å²) in [6.45, 7) is 1.94. The molecular formula is C17H13N3O3. The summed E-state index contributed by atoms with van der Waals surface area (Å²) < 4.78 is 0. The third-order valence-corrected chi connectivity index (χ3v) is 3.39. The van der Waals surface area contributed by atoms with E-state index in [0.29, 0.717) is 16.6 Å². The van der Waals surface area contributed by atoms with Crippen LogP contribution in [-0.2, 0) is 0 Å². The predicted molar refractivity (Wildman–Crippen MR) is 89.1 cm³/mol. The zero-order valence-corrected chi connectivity index (χ0v) is 12.3. The van der Waals surface area contributed by atoms with Gasteiger partial charge in [0.1, 0.15) is 5.69 Å². The molecule has 1 heterocycles. The monoisotopic (exact) mass is 307 g/mol. The number of fused-ring (bicyclic) bond motifs is 1. The van der Waals surface area contributed by atoms with Gasteiger partial charge in [-0.25, -0.2) is 4.98 Å². The van der Waals surface area contributed by atoms with E-state index in [2.05, 4.69) is 9.97 Å². The molecule has 3 aromatic rings. The van der Waals surface area contributed by atoms with Crippen LogP contribution in [0.25, 0.3) is 23.2 Å². The Labute approximate surface area is 131 Å². The second-order valence-corrected chi connectivity index (χ2v) is 5.16. The van der Waals surface area contributed by atoms with E-state index in [9.17, 15) is 14.9 Å². The lowest BCUT2D eigenvalue weighted by molar-refractivity contribution is -0.384. The highest BCUT2D eigenvalue weighted by molar-refractivity contribution is 5.77. The highest BCUT2D eigenvalue weighted by atomic mass is 16.6. The highest BCUT2D eigenvalue weighted by Gasteiger charge is 2.05. The molecule has 0 fully saturated rings. The molecule has 0 aliphatic heterocycles. The fourth-order valence-electron chi connectivity index (χ4n) is 2.24. The molecule has 0 radical (unpaired) electrons. The Morgan fingerprint density at radius 3 is 2.78 bits per heavy atom. The van der Waals surface area contributed by atoms with Gasteiger partial charge >= 0.3 is 0 Å². The van der Waals surface area contributed by atoms with Crippen molar-refractivity contribution in [2.24, 2.45) is 0 Å². The van der Waals surface area contributed by atoms with Crippen LogP contribution in [0, 0.1) is 17.0 Å². The van der Waals surface area contributed by atoms with E-state index in [1.807, 2.05) is 25.1 Å². The van der Waals surface area contributed by atoms with E-state index >= 15 is 0 Å². The summed E-state index contributed by atoms with van der Waals surface area (Å²) in [5.41, 5.74) is 3.00. The molecule has 1 aromatic heterocycles. The molecule has 1 N–H and O–H groups in total. The number of rotatable bonds is 3. The van der Waals surface area contributed by atoms with E-state index < -0.39 is 4.92 Å². The molecule has 0 unspecified atom stereocenters. The Balaban J connectivity index is 1.99. The van der Waals surface area contributed by atoms with Crippen molar-refractivity contribution in [3.05, 3.63) is 79.8 Å². The molecule has 0 amide bonds. The maximum atomic E-state index is 12.1.